The number of likely N-dealkylation sites (tertiary alicyclic amines) is 1. The largest absolute Gasteiger partial charge is 0.495 e. The van der Waals surface area contributed by atoms with Crippen LogP contribution in [0.2, 0.25) is 0 Å². The number of amides is 3. The molecular formula is C25H28FN5O3. The van der Waals surface area contributed by atoms with Crippen LogP contribution in [0.25, 0.3) is 5.69 Å². The molecule has 9 heteroatoms. The molecule has 0 saturated carbocycles. The Morgan fingerprint density at radius 1 is 1.24 bits per heavy atom. The molecule has 0 bridgehead atoms. The molecule has 1 fully saturated rings. The van der Waals surface area contributed by atoms with E-state index in [1.165, 1.54) is 12.1 Å². The number of hydrogen-bond donors (Lipinski definition) is 2. The van der Waals surface area contributed by atoms with E-state index in [1.54, 1.807) is 42.6 Å². The number of nitrogens with one attached hydrogen (secondary N) is 2. The summed E-state index contributed by atoms with van der Waals surface area (Å²) in [6.07, 6.45) is 5.14. The summed E-state index contributed by atoms with van der Waals surface area (Å²) >= 11 is 0. The van der Waals surface area contributed by atoms with Gasteiger partial charge in [0.15, 0.2) is 0 Å². The Kier molecular flexibility index (Phi) is 7.10. The summed E-state index contributed by atoms with van der Waals surface area (Å²) in [6.45, 7) is 3.16. The smallest absolute Gasteiger partial charge is 0.317 e. The topological polar surface area (TPSA) is 88.5 Å². The quantitative estimate of drug-likeness (QED) is 0.584. The molecule has 3 aromatic rings. The normalized spacial score (nSPS) is 15.6. The average molecular weight is 466 g/mol. The fourth-order valence-corrected chi connectivity index (χ4v) is 4.07. The third kappa shape index (κ3) is 5.54. The summed E-state index contributed by atoms with van der Waals surface area (Å²) in [6, 6.07) is 11.0. The fraction of sp³-hybridized carbons (Fsp3) is 0.320. The second kappa shape index (κ2) is 10.4. The van der Waals surface area contributed by atoms with Crippen LogP contribution < -0.4 is 15.4 Å². The van der Waals surface area contributed by atoms with Crippen molar-refractivity contribution in [3.8, 4) is 11.4 Å². The maximum absolute atomic E-state index is 13.3. The van der Waals surface area contributed by atoms with E-state index in [4.69, 9.17) is 4.74 Å². The van der Waals surface area contributed by atoms with Gasteiger partial charge in [0.05, 0.1) is 24.8 Å². The van der Waals surface area contributed by atoms with E-state index in [1.807, 2.05) is 23.8 Å². The fourth-order valence-electron chi connectivity index (χ4n) is 4.07. The lowest BCUT2D eigenvalue weighted by molar-refractivity contribution is 0.0910. The highest BCUT2D eigenvalue weighted by Gasteiger charge is 2.25. The second-order valence-corrected chi connectivity index (χ2v) is 8.36. The van der Waals surface area contributed by atoms with E-state index < -0.39 is 0 Å². The standard InChI is InChI=1S/C25H28FN5O3/c1-17-14-31(16-28-17)22-9-8-19(12-23(22)34-2)24(32)29-21-7-4-10-30(15-21)25(33)27-13-18-5-3-6-20(26)11-18/h3,5-6,8-9,11-12,14,16,21H,4,7,10,13,15H2,1-2H3,(H,27,33)(H,29,32). The Hall–Kier alpha value is -3.88. The molecule has 1 aromatic heterocycles. The van der Waals surface area contributed by atoms with Crippen molar-refractivity contribution in [3.05, 3.63) is 77.6 Å². The van der Waals surface area contributed by atoms with Crippen LogP contribution in [0.5, 0.6) is 5.75 Å². The first kappa shape index (κ1) is 23.3. The molecule has 2 heterocycles. The number of aromatic nitrogens is 2. The third-order valence-electron chi connectivity index (χ3n) is 5.81. The van der Waals surface area contributed by atoms with Gasteiger partial charge >= 0.3 is 6.03 Å². The minimum absolute atomic E-state index is 0.164. The van der Waals surface area contributed by atoms with Gasteiger partial charge in [-0.05, 0) is 55.7 Å². The molecular weight excluding hydrogens is 437 g/mol. The van der Waals surface area contributed by atoms with Crippen molar-refractivity contribution >= 4 is 11.9 Å². The van der Waals surface area contributed by atoms with E-state index in [0.29, 0.717) is 30.0 Å². The maximum Gasteiger partial charge on any atom is 0.317 e. The molecule has 8 nitrogen and oxygen atoms in total. The van der Waals surface area contributed by atoms with Crippen molar-refractivity contribution in [3.63, 3.8) is 0 Å². The van der Waals surface area contributed by atoms with Gasteiger partial charge in [-0.1, -0.05) is 12.1 Å². The van der Waals surface area contributed by atoms with Gasteiger partial charge in [-0.15, -0.1) is 0 Å². The molecule has 4 rings (SSSR count). The summed E-state index contributed by atoms with van der Waals surface area (Å²) in [7, 11) is 1.56. The van der Waals surface area contributed by atoms with E-state index in [0.717, 1.165) is 24.2 Å². The van der Waals surface area contributed by atoms with Gasteiger partial charge < -0.3 is 24.8 Å². The average Bonchev–Trinajstić information content (AvgIpc) is 3.28. The van der Waals surface area contributed by atoms with Gasteiger partial charge in [-0.3, -0.25) is 4.79 Å². The Labute approximate surface area is 197 Å². The van der Waals surface area contributed by atoms with Crippen molar-refractivity contribution in [1.82, 2.24) is 25.1 Å². The third-order valence-corrected chi connectivity index (χ3v) is 5.81. The number of methoxy groups -OCH3 is 1. The molecule has 0 radical (unpaired) electrons. The van der Waals surface area contributed by atoms with Gasteiger partial charge in [0.2, 0.25) is 0 Å². The number of aryl methyl sites for hydroxylation is 1. The van der Waals surface area contributed by atoms with Crippen LogP contribution in [0.15, 0.2) is 55.0 Å². The zero-order valence-corrected chi connectivity index (χ0v) is 19.3. The van der Waals surface area contributed by atoms with Crippen LogP contribution in [-0.4, -0.2) is 52.6 Å². The van der Waals surface area contributed by atoms with Crippen LogP contribution in [0.3, 0.4) is 0 Å². The van der Waals surface area contributed by atoms with E-state index in [9.17, 15) is 14.0 Å². The Bertz CT molecular complexity index is 1180. The molecule has 1 aliphatic rings. The van der Waals surface area contributed by atoms with Crippen molar-refractivity contribution in [1.29, 1.82) is 0 Å². The van der Waals surface area contributed by atoms with Crippen LogP contribution in [-0.2, 0) is 6.54 Å². The van der Waals surface area contributed by atoms with Gasteiger partial charge in [0.1, 0.15) is 11.6 Å². The number of nitrogens with zero attached hydrogens (tertiary/aromatic N) is 3. The maximum atomic E-state index is 13.3. The second-order valence-electron chi connectivity index (χ2n) is 8.36. The molecule has 178 valence electrons. The molecule has 2 aromatic carbocycles. The van der Waals surface area contributed by atoms with Crippen LogP contribution in [0, 0.1) is 12.7 Å². The van der Waals surface area contributed by atoms with Gasteiger partial charge in [0.25, 0.3) is 5.91 Å². The number of carbonyl (C=O) groups excluding carboxylic acids is 2. The van der Waals surface area contributed by atoms with E-state index >= 15 is 0 Å². The zero-order valence-electron chi connectivity index (χ0n) is 19.3. The van der Waals surface area contributed by atoms with Crippen LogP contribution in [0.1, 0.15) is 34.5 Å². The predicted octanol–water partition coefficient (Wildman–Crippen LogP) is 3.43. The monoisotopic (exact) mass is 465 g/mol. The number of halogens is 1. The zero-order chi connectivity index (χ0) is 24.1. The first-order valence-electron chi connectivity index (χ1n) is 11.2. The molecule has 34 heavy (non-hydrogen) atoms. The van der Waals surface area contributed by atoms with Crippen LogP contribution >= 0.6 is 0 Å². The van der Waals surface area contributed by atoms with Gasteiger partial charge in [-0.25, -0.2) is 14.2 Å². The highest BCUT2D eigenvalue weighted by molar-refractivity contribution is 5.95. The van der Waals surface area contributed by atoms with Crippen molar-refractivity contribution in [2.45, 2.75) is 32.4 Å². The number of benzene rings is 2. The van der Waals surface area contributed by atoms with E-state index in [-0.39, 0.29) is 30.3 Å². The molecule has 1 saturated heterocycles. The lowest BCUT2D eigenvalue weighted by Crippen LogP contribution is -2.52. The SMILES string of the molecule is COc1cc(C(=O)NC2CCCN(C(=O)NCc3cccc(F)c3)C2)ccc1-n1cnc(C)c1. The van der Waals surface area contributed by atoms with Gasteiger partial charge in [0, 0.05) is 37.4 Å². The van der Waals surface area contributed by atoms with Crippen molar-refractivity contribution < 1.29 is 18.7 Å². The number of urea groups is 1. The Morgan fingerprint density at radius 2 is 2.09 bits per heavy atom. The Balaban J connectivity index is 1.35. The van der Waals surface area contributed by atoms with Gasteiger partial charge in [-0.2, -0.15) is 0 Å². The first-order valence-corrected chi connectivity index (χ1v) is 11.2. The number of ether oxygens (including phenoxy) is 1. The summed E-state index contributed by atoms with van der Waals surface area (Å²) in [5.41, 5.74) is 2.84. The summed E-state index contributed by atoms with van der Waals surface area (Å²) in [5.74, 6) is 0.00280. The predicted molar refractivity (Wildman–Crippen MR) is 126 cm³/mol. The molecule has 1 unspecified atom stereocenters. The van der Waals surface area contributed by atoms with E-state index in [2.05, 4.69) is 15.6 Å². The number of carbonyl (C=O) groups is 2. The molecule has 1 aliphatic heterocycles. The lowest BCUT2D eigenvalue weighted by atomic mass is 10.0. The summed E-state index contributed by atoms with van der Waals surface area (Å²) in [5, 5.41) is 5.85. The number of piperidine rings is 1. The molecule has 3 amide bonds. The summed E-state index contributed by atoms with van der Waals surface area (Å²) < 4.78 is 20.7. The lowest BCUT2D eigenvalue weighted by Gasteiger charge is -2.33. The van der Waals surface area contributed by atoms with Crippen molar-refractivity contribution in [2.75, 3.05) is 20.2 Å². The van der Waals surface area contributed by atoms with Crippen molar-refractivity contribution in [2.24, 2.45) is 0 Å². The number of imidazole rings is 1. The van der Waals surface area contributed by atoms with Crippen LogP contribution in [0.4, 0.5) is 9.18 Å². The Morgan fingerprint density at radius 3 is 2.82 bits per heavy atom. The highest BCUT2D eigenvalue weighted by Crippen LogP contribution is 2.25. The molecule has 2 N–H and O–H groups in total. The number of hydrogen-bond acceptors (Lipinski definition) is 4. The molecule has 1 atom stereocenters. The molecule has 0 aliphatic carbocycles. The minimum Gasteiger partial charge on any atom is -0.495 e. The number of rotatable bonds is 6. The molecule has 0 spiro atoms. The first-order chi connectivity index (χ1) is 16.4. The minimum atomic E-state index is -0.336. The highest BCUT2D eigenvalue weighted by atomic mass is 19.1. The summed E-state index contributed by atoms with van der Waals surface area (Å²) in [4.78, 5) is 31.4.